The molecular weight excluding hydrogens is 361 g/mol. The number of alkyl halides is 3. The fourth-order valence-corrected chi connectivity index (χ4v) is 3.31. The first kappa shape index (κ1) is 19.1. The topological polar surface area (TPSA) is 74.6 Å². The molecule has 0 bridgehead atoms. The van der Waals surface area contributed by atoms with Crippen molar-refractivity contribution in [3.8, 4) is 0 Å². The van der Waals surface area contributed by atoms with E-state index in [1.54, 1.807) is 0 Å². The van der Waals surface area contributed by atoms with Crippen LogP contribution in [0.3, 0.4) is 0 Å². The van der Waals surface area contributed by atoms with Crippen LogP contribution in [0.2, 0.25) is 5.02 Å². The lowest BCUT2D eigenvalue weighted by atomic mass is 9.75. The highest BCUT2D eigenvalue weighted by molar-refractivity contribution is 6.31. The van der Waals surface area contributed by atoms with Crippen molar-refractivity contribution in [2.45, 2.75) is 25.9 Å². The Hall–Kier alpha value is -2.28. The van der Waals surface area contributed by atoms with E-state index in [9.17, 15) is 33.0 Å². The Balaban J connectivity index is 2.66. The number of rotatable bonds is 3. The van der Waals surface area contributed by atoms with Crippen LogP contribution in [0.1, 0.15) is 30.9 Å². The van der Waals surface area contributed by atoms with Gasteiger partial charge in [0.25, 0.3) is 0 Å². The number of carboxylic acid groups (broad SMARTS) is 2. The number of allylic oxidation sites excluding steroid dienone is 1. The number of carbonyl (C=O) groups is 2. The van der Waals surface area contributed by atoms with Gasteiger partial charge in [0.15, 0.2) is 0 Å². The normalized spacial score (nSPS) is 21.1. The maximum absolute atomic E-state index is 13.1. The Bertz CT molecular complexity index is 809. The van der Waals surface area contributed by atoms with E-state index in [1.165, 1.54) is 26.0 Å². The SMILES string of the molecule is CC1=CC(c2ccc(Cl)c(C(F)(F)F)c2)C(C(=O)O)=C(C)C1C(=O)O. The second kappa shape index (κ2) is 6.55. The van der Waals surface area contributed by atoms with Crippen molar-refractivity contribution in [3.05, 3.63) is 57.1 Å². The number of carboxylic acids is 2. The average molecular weight is 375 g/mol. The molecule has 1 aromatic carbocycles. The summed E-state index contributed by atoms with van der Waals surface area (Å²) < 4.78 is 39.2. The molecular formula is C17H14ClF3O4. The smallest absolute Gasteiger partial charge is 0.417 e. The van der Waals surface area contributed by atoms with E-state index >= 15 is 0 Å². The highest BCUT2D eigenvalue weighted by Gasteiger charge is 2.37. The van der Waals surface area contributed by atoms with Crippen LogP contribution in [0, 0.1) is 5.92 Å². The van der Waals surface area contributed by atoms with Crippen molar-refractivity contribution < 1.29 is 33.0 Å². The molecule has 4 nitrogen and oxygen atoms in total. The van der Waals surface area contributed by atoms with Gasteiger partial charge in [0.2, 0.25) is 0 Å². The number of benzene rings is 1. The number of hydrogen-bond acceptors (Lipinski definition) is 2. The van der Waals surface area contributed by atoms with Crippen LogP contribution < -0.4 is 0 Å². The van der Waals surface area contributed by atoms with Gasteiger partial charge in [-0.05, 0) is 37.1 Å². The minimum atomic E-state index is -4.69. The Morgan fingerprint density at radius 3 is 2.24 bits per heavy atom. The molecule has 0 heterocycles. The van der Waals surface area contributed by atoms with Crippen molar-refractivity contribution >= 4 is 23.5 Å². The summed E-state index contributed by atoms with van der Waals surface area (Å²) >= 11 is 5.60. The first-order valence-electron chi connectivity index (χ1n) is 7.16. The summed E-state index contributed by atoms with van der Waals surface area (Å²) in [5.41, 5.74) is -0.775. The monoisotopic (exact) mass is 374 g/mol. The van der Waals surface area contributed by atoms with Gasteiger partial charge in [0.05, 0.1) is 16.5 Å². The zero-order valence-electron chi connectivity index (χ0n) is 13.2. The van der Waals surface area contributed by atoms with E-state index in [2.05, 4.69) is 0 Å². The van der Waals surface area contributed by atoms with Crippen LogP contribution in [0.25, 0.3) is 0 Å². The molecule has 0 saturated carbocycles. The van der Waals surface area contributed by atoms with Crippen LogP contribution in [0.5, 0.6) is 0 Å². The molecule has 25 heavy (non-hydrogen) atoms. The molecule has 0 saturated heterocycles. The molecule has 1 aliphatic rings. The van der Waals surface area contributed by atoms with Gasteiger partial charge in [-0.25, -0.2) is 4.79 Å². The van der Waals surface area contributed by atoms with E-state index in [-0.39, 0.29) is 16.7 Å². The first-order chi connectivity index (χ1) is 11.4. The van der Waals surface area contributed by atoms with Crippen molar-refractivity contribution in [3.63, 3.8) is 0 Å². The maximum atomic E-state index is 13.1. The van der Waals surface area contributed by atoms with Crippen LogP contribution in [0.15, 0.2) is 41.0 Å². The summed E-state index contributed by atoms with van der Waals surface area (Å²) in [5.74, 6) is -4.69. The lowest BCUT2D eigenvalue weighted by molar-refractivity contribution is -0.139. The summed E-state index contributed by atoms with van der Waals surface area (Å²) in [7, 11) is 0. The Morgan fingerprint density at radius 1 is 1.16 bits per heavy atom. The fraction of sp³-hybridized carbons (Fsp3) is 0.294. The van der Waals surface area contributed by atoms with E-state index in [4.69, 9.17) is 11.6 Å². The third-order valence-corrected chi connectivity index (χ3v) is 4.52. The molecule has 134 valence electrons. The molecule has 2 atom stereocenters. The largest absolute Gasteiger partial charge is 0.481 e. The minimum absolute atomic E-state index is 0.0802. The molecule has 0 amide bonds. The van der Waals surface area contributed by atoms with E-state index < -0.39 is 40.5 Å². The molecule has 0 spiro atoms. The standard InChI is InChI=1S/C17H14ClF3O4/c1-7-5-10(14(16(24)25)8(2)13(7)15(22)23)9-3-4-12(18)11(6-9)17(19,20)21/h3-6,10,13H,1-2H3,(H,22,23)(H,24,25). The summed E-state index contributed by atoms with van der Waals surface area (Å²) in [6.07, 6.45) is -3.31. The van der Waals surface area contributed by atoms with Gasteiger partial charge in [-0.3, -0.25) is 4.79 Å². The molecule has 0 aromatic heterocycles. The highest BCUT2D eigenvalue weighted by atomic mass is 35.5. The summed E-state index contributed by atoms with van der Waals surface area (Å²) in [5, 5.41) is 18.3. The van der Waals surface area contributed by atoms with Gasteiger partial charge in [0.1, 0.15) is 0 Å². The third kappa shape index (κ3) is 3.56. The third-order valence-electron chi connectivity index (χ3n) is 4.19. The number of halogens is 4. The van der Waals surface area contributed by atoms with Crippen molar-refractivity contribution in [2.24, 2.45) is 5.92 Å². The fourth-order valence-electron chi connectivity index (χ4n) is 3.08. The molecule has 8 heteroatoms. The van der Waals surface area contributed by atoms with Gasteiger partial charge < -0.3 is 10.2 Å². The van der Waals surface area contributed by atoms with Crippen molar-refractivity contribution in [1.29, 1.82) is 0 Å². The van der Waals surface area contributed by atoms with Crippen molar-refractivity contribution in [1.82, 2.24) is 0 Å². The molecule has 2 N–H and O–H groups in total. The molecule has 2 rings (SSSR count). The summed E-state index contributed by atoms with van der Waals surface area (Å²) in [4.78, 5) is 23.0. The number of aliphatic carboxylic acids is 2. The zero-order valence-corrected chi connectivity index (χ0v) is 13.9. The first-order valence-corrected chi connectivity index (χ1v) is 7.54. The van der Waals surface area contributed by atoms with Crippen molar-refractivity contribution in [2.75, 3.05) is 0 Å². The number of hydrogen-bond donors (Lipinski definition) is 2. The van der Waals surface area contributed by atoms with Gasteiger partial charge in [0, 0.05) is 11.5 Å². The quantitative estimate of drug-likeness (QED) is 0.764. The molecule has 1 aromatic rings. The van der Waals surface area contributed by atoms with Gasteiger partial charge in [-0.1, -0.05) is 29.3 Å². The van der Waals surface area contributed by atoms with Crippen LogP contribution in [-0.4, -0.2) is 22.2 Å². The van der Waals surface area contributed by atoms with E-state index in [1.807, 2.05) is 0 Å². The summed E-state index contributed by atoms with van der Waals surface area (Å²) in [6.45, 7) is 2.88. The minimum Gasteiger partial charge on any atom is -0.481 e. The second-order valence-electron chi connectivity index (χ2n) is 5.80. The van der Waals surface area contributed by atoms with Crippen LogP contribution >= 0.6 is 11.6 Å². The molecule has 1 aliphatic carbocycles. The maximum Gasteiger partial charge on any atom is 0.417 e. The van der Waals surface area contributed by atoms with Gasteiger partial charge in [-0.2, -0.15) is 13.2 Å². The van der Waals surface area contributed by atoms with Gasteiger partial charge >= 0.3 is 18.1 Å². The second-order valence-corrected chi connectivity index (χ2v) is 6.21. The molecule has 0 aliphatic heterocycles. The predicted molar refractivity (Wildman–Crippen MR) is 84.4 cm³/mol. The van der Waals surface area contributed by atoms with E-state index in [0.29, 0.717) is 5.57 Å². The predicted octanol–water partition coefficient (Wildman–Crippen LogP) is 4.50. The molecule has 2 unspecified atom stereocenters. The average Bonchev–Trinajstić information content (AvgIpc) is 2.44. The highest BCUT2D eigenvalue weighted by Crippen LogP contribution is 2.42. The Labute approximate surface area is 146 Å². The Kier molecular flexibility index (Phi) is 4.99. The zero-order chi connectivity index (χ0) is 19.1. The molecule has 0 radical (unpaired) electrons. The van der Waals surface area contributed by atoms with Gasteiger partial charge in [-0.15, -0.1) is 0 Å². The lowest BCUT2D eigenvalue weighted by Gasteiger charge is -2.28. The van der Waals surface area contributed by atoms with Crippen LogP contribution in [-0.2, 0) is 15.8 Å². The van der Waals surface area contributed by atoms with Crippen LogP contribution in [0.4, 0.5) is 13.2 Å². The molecule has 0 fully saturated rings. The summed E-state index contributed by atoms with van der Waals surface area (Å²) in [6, 6.07) is 3.17. The Morgan fingerprint density at radius 2 is 1.76 bits per heavy atom. The van der Waals surface area contributed by atoms with E-state index in [0.717, 1.165) is 12.1 Å². The lowest BCUT2D eigenvalue weighted by Crippen LogP contribution is -2.26.